The van der Waals surface area contributed by atoms with Crippen molar-refractivity contribution in [2.75, 3.05) is 13.2 Å². The van der Waals surface area contributed by atoms with Crippen LogP contribution >= 0.6 is 0 Å². The maximum atomic E-state index is 5.43. The molecule has 0 bridgehead atoms. The number of hydrogen-bond donors (Lipinski definition) is 1. The third-order valence-electron chi connectivity index (χ3n) is 1.24. The zero-order chi connectivity index (χ0) is 5.98. The molecule has 48 valence electrons. The van der Waals surface area contributed by atoms with Crippen LogP contribution in [-0.2, 0) is 9.47 Å². The summed E-state index contributed by atoms with van der Waals surface area (Å²) in [6.07, 6.45) is -0.160. The minimum Gasteiger partial charge on any atom is -0.372 e. The van der Waals surface area contributed by atoms with Crippen molar-refractivity contribution in [3.8, 4) is 0 Å². The standard InChI is InChI=1S/C5H11NO2/c1-4-5(6)8-3-2-7-4/h4-5H,2-3,6H2,1H3. The van der Waals surface area contributed by atoms with Gasteiger partial charge >= 0.3 is 0 Å². The molecule has 8 heavy (non-hydrogen) atoms. The van der Waals surface area contributed by atoms with Gasteiger partial charge in [0, 0.05) is 0 Å². The second-order valence-electron chi connectivity index (χ2n) is 1.91. The van der Waals surface area contributed by atoms with Gasteiger partial charge in [0.05, 0.1) is 19.3 Å². The molecule has 1 aliphatic heterocycles. The summed E-state index contributed by atoms with van der Waals surface area (Å²) in [5.41, 5.74) is 5.43. The number of rotatable bonds is 0. The van der Waals surface area contributed by atoms with Gasteiger partial charge in [-0.3, -0.25) is 0 Å². The topological polar surface area (TPSA) is 44.5 Å². The molecule has 1 heterocycles. The lowest BCUT2D eigenvalue weighted by Gasteiger charge is -2.25. The van der Waals surface area contributed by atoms with Crippen LogP contribution in [0.25, 0.3) is 0 Å². The molecule has 0 aliphatic carbocycles. The Balaban J connectivity index is 2.28. The van der Waals surface area contributed by atoms with E-state index in [2.05, 4.69) is 0 Å². The zero-order valence-electron chi connectivity index (χ0n) is 4.96. The molecule has 1 rings (SSSR count). The van der Waals surface area contributed by atoms with E-state index in [1.807, 2.05) is 6.92 Å². The van der Waals surface area contributed by atoms with Crippen LogP contribution in [0.2, 0.25) is 0 Å². The van der Waals surface area contributed by atoms with E-state index in [0.29, 0.717) is 13.2 Å². The third-order valence-corrected chi connectivity index (χ3v) is 1.24. The molecule has 0 saturated carbocycles. The van der Waals surface area contributed by atoms with Gasteiger partial charge in [-0.05, 0) is 6.92 Å². The van der Waals surface area contributed by atoms with Crippen LogP contribution in [0.5, 0.6) is 0 Å². The molecule has 0 radical (unpaired) electrons. The van der Waals surface area contributed by atoms with Crippen molar-refractivity contribution < 1.29 is 9.47 Å². The molecule has 1 saturated heterocycles. The van der Waals surface area contributed by atoms with E-state index < -0.39 is 0 Å². The van der Waals surface area contributed by atoms with Gasteiger partial charge in [0.2, 0.25) is 0 Å². The first-order chi connectivity index (χ1) is 3.80. The second kappa shape index (κ2) is 2.44. The number of hydrogen-bond acceptors (Lipinski definition) is 3. The summed E-state index contributed by atoms with van der Waals surface area (Å²) in [4.78, 5) is 0. The average Bonchev–Trinajstić information content (AvgIpc) is 1.77. The molecular weight excluding hydrogens is 106 g/mol. The van der Waals surface area contributed by atoms with E-state index in [1.54, 1.807) is 0 Å². The fourth-order valence-electron chi connectivity index (χ4n) is 0.649. The van der Waals surface area contributed by atoms with Crippen molar-refractivity contribution in [2.45, 2.75) is 19.3 Å². The summed E-state index contributed by atoms with van der Waals surface area (Å²) in [5.74, 6) is 0. The van der Waals surface area contributed by atoms with Crippen LogP contribution in [0, 0.1) is 0 Å². The van der Waals surface area contributed by atoms with Crippen molar-refractivity contribution >= 4 is 0 Å². The van der Waals surface area contributed by atoms with E-state index in [4.69, 9.17) is 15.2 Å². The van der Waals surface area contributed by atoms with Gasteiger partial charge in [0.15, 0.2) is 0 Å². The summed E-state index contributed by atoms with van der Waals surface area (Å²) in [6.45, 7) is 3.21. The van der Waals surface area contributed by atoms with Crippen molar-refractivity contribution in [2.24, 2.45) is 5.73 Å². The van der Waals surface area contributed by atoms with Crippen LogP contribution < -0.4 is 5.73 Å². The molecule has 0 spiro atoms. The Kier molecular flexibility index (Phi) is 1.83. The lowest BCUT2D eigenvalue weighted by atomic mass is 10.3. The molecule has 2 unspecified atom stereocenters. The molecule has 3 nitrogen and oxygen atoms in total. The Bertz CT molecular complexity index is 66.8. The lowest BCUT2D eigenvalue weighted by Crippen LogP contribution is -2.42. The predicted octanol–water partition coefficient (Wildman–Crippen LogP) is -0.294. The highest BCUT2D eigenvalue weighted by Crippen LogP contribution is 2.02. The summed E-state index contributed by atoms with van der Waals surface area (Å²) in [7, 11) is 0. The molecular formula is C5H11NO2. The Morgan fingerprint density at radius 2 is 2.00 bits per heavy atom. The molecule has 2 N–H and O–H groups in total. The van der Waals surface area contributed by atoms with Gasteiger partial charge in [-0.2, -0.15) is 0 Å². The highest BCUT2D eigenvalue weighted by atomic mass is 16.6. The monoisotopic (exact) mass is 117 g/mol. The Morgan fingerprint density at radius 3 is 2.38 bits per heavy atom. The van der Waals surface area contributed by atoms with E-state index in [9.17, 15) is 0 Å². The quantitative estimate of drug-likeness (QED) is 0.474. The van der Waals surface area contributed by atoms with Gasteiger partial charge in [0.25, 0.3) is 0 Å². The minimum absolute atomic E-state index is 0.0590. The normalized spacial score (nSPS) is 39.8. The third kappa shape index (κ3) is 1.18. The summed E-state index contributed by atoms with van der Waals surface area (Å²) in [5, 5.41) is 0. The van der Waals surface area contributed by atoms with Gasteiger partial charge in [-0.15, -0.1) is 0 Å². The minimum atomic E-state index is -0.219. The fraction of sp³-hybridized carbons (Fsp3) is 1.00. The largest absolute Gasteiger partial charge is 0.372 e. The average molecular weight is 117 g/mol. The van der Waals surface area contributed by atoms with Crippen LogP contribution in [0.3, 0.4) is 0 Å². The van der Waals surface area contributed by atoms with E-state index in [1.165, 1.54) is 0 Å². The first-order valence-corrected chi connectivity index (χ1v) is 2.79. The van der Waals surface area contributed by atoms with Gasteiger partial charge in [-0.25, -0.2) is 0 Å². The molecule has 2 atom stereocenters. The molecule has 0 aromatic rings. The van der Waals surface area contributed by atoms with Gasteiger partial charge < -0.3 is 15.2 Å². The number of ether oxygens (including phenoxy) is 2. The summed E-state index contributed by atoms with van der Waals surface area (Å²) < 4.78 is 10.2. The smallest absolute Gasteiger partial charge is 0.131 e. The summed E-state index contributed by atoms with van der Waals surface area (Å²) >= 11 is 0. The van der Waals surface area contributed by atoms with Crippen LogP contribution in [0.1, 0.15) is 6.92 Å². The Labute approximate surface area is 48.8 Å². The molecule has 3 heteroatoms. The van der Waals surface area contributed by atoms with Gasteiger partial charge in [-0.1, -0.05) is 0 Å². The summed E-state index contributed by atoms with van der Waals surface area (Å²) in [6, 6.07) is 0. The van der Waals surface area contributed by atoms with Crippen molar-refractivity contribution in [1.82, 2.24) is 0 Å². The molecule has 0 aromatic heterocycles. The van der Waals surface area contributed by atoms with E-state index >= 15 is 0 Å². The lowest BCUT2D eigenvalue weighted by molar-refractivity contribution is -0.129. The highest BCUT2D eigenvalue weighted by molar-refractivity contribution is 4.61. The van der Waals surface area contributed by atoms with Crippen LogP contribution in [0.4, 0.5) is 0 Å². The van der Waals surface area contributed by atoms with E-state index in [0.717, 1.165) is 0 Å². The maximum Gasteiger partial charge on any atom is 0.131 e. The molecule has 1 aliphatic rings. The molecule has 1 fully saturated rings. The van der Waals surface area contributed by atoms with Gasteiger partial charge in [0.1, 0.15) is 6.23 Å². The van der Waals surface area contributed by atoms with Crippen molar-refractivity contribution in [3.05, 3.63) is 0 Å². The first-order valence-electron chi connectivity index (χ1n) is 2.79. The van der Waals surface area contributed by atoms with Crippen molar-refractivity contribution in [3.63, 3.8) is 0 Å². The Morgan fingerprint density at radius 1 is 1.38 bits per heavy atom. The first kappa shape index (κ1) is 6.01. The second-order valence-corrected chi connectivity index (χ2v) is 1.91. The highest BCUT2D eigenvalue weighted by Gasteiger charge is 2.17. The fourth-order valence-corrected chi connectivity index (χ4v) is 0.649. The Hall–Kier alpha value is -0.120. The number of nitrogens with two attached hydrogens (primary N) is 1. The zero-order valence-corrected chi connectivity index (χ0v) is 4.96. The SMILES string of the molecule is CC1OCCOC1N. The van der Waals surface area contributed by atoms with E-state index in [-0.39, 0.29) is 12.3 Å². The predicted molar refractivity (Wildman–Crippen MR) is 29.3 cm³/mol. The van der Waals surface area contributed by atoms with Crippen LogP contribution in [0.15, 0.2) is 0 Å². The van der Waals surface area contributed by atoms with Crippen molar-refractivity contribution in [1.29, 1.82) is 0 Å². The maximum absolute atomic E-state index is 5.43. The molecule has 0 amide bonds. The van der Waals surface area contributed by atoms with Crippen LogP contribution in [-0.4, -0.2) is 25.5 Å². The molecule has 0 aromatic carbocycles.